The van der Waals surface area contributed by atoms with E-state index in [-0.39, 0.29) is 0 Å². The maximum atomic E-state index is 12.3. The van der Waals surface area contributed by atoms with Gasteiger partial charge in [0.25, 0.3) is 0 Å². The van der Waals surface area contributed by atoms with Gasteiger partial charge in [0, 0.05) is 28.0 Å². The van der Waals surface area contributed by atoms with Gasteiger partial charge >= 0.3 is 5.97 Å². The van der Waals surface area contributed by atoms with Crippen molar-refractivity contribution in [2.45, 2.75) is 13.8 Å². The molecule has 2 aromatic heterocycles. The molecule has 0 radical (unpaired) electrons. The van der Waals surface area contributed by atoms with Gasteiger partial charge in [-0.15, -0.1) is 0 Å². The van der Waals surface area contributed by atoms with Crippen LogP contribution in [0, 0.1) is 6.92 Å². The number of halogens is 1. The number of nitrogens with zero attached hydrogens (tertiary/aromatic N) is 2. The van der Waals surface area contributed by atoms with Crippen LogP contribution in [0.2, 0.25) is 5.02 Å². The number of hydrogen-bond acceptors (Lipinski definition) is 5. The van der Waals surface area contributed by atoms with Crippen molar-refractivity contribution < 1.29 is 9.53 Å². The number of carbonyl (C=O) groups excluding carboxylic acids is 1. The smallest absolute Gasteiger partial charge is 0.341 e. The largest absolute Gasteiger partial charge is 0.462 e. The molecule has 6 heteroatoms. The number of esters is 1. The van der Waals surface area contributed by atoms with E-state index in [1.165, 1.54) is 6.20 Å². The molecule has 1 N–H and O–H groups in total. The molecule has 0 spiro atoms. The molecule has 2 heterocycles. The van der Waals surface area contributed by atoms with Gasteiger partial charge in [-0.25, -0.2) is 14.8 Å². The zero-order chi connectivity index (χ0) is 17.1. The highest BCUT2D eigenvalue weighted by Crippen LogP contribution is 2.29. The van der Waals surface area contributed by atoms with Gasteiger partial charge in [0.1, 0.15) is 5.56 Å². The van der Waals surface area contributed by atoms with Crippen molar-refractivity contribution in [3.8, 4) is 0 Å². The van der Waals surface area contributed by atoms with Crippen LogP contribution >= 0.6 is 11.6 Å². The second-order valence-electron chi connectivity index (χ2n) is 5.22. The minimum Gasteiger partial charge on any atom is -0.462 e. The summed E-state index contributed by atoms with van der Waals surface area (Å²) in [5, 5.41) is 4.65. The first kappa shape index (κ1) is 16.2. The standard InChI is InChI=1S/C18H16ClN3O2/c1-3-24-18(23)15-10-20-17-14(9-4-11(2)21-17)16(15)22-13-7-5-12(19)6-8-13/h4-10H,3H2,1-2H3,(H,20,21,22). The molecule has 0 aliphatic carbocycles. The van der Waals surface area contributed by atoms with E-state index >= 15 is 0 Å². The highest BCUT2D eigenvalue weighted by molar-refractivity contribution is 6.30. The van der Waals surface area contributed by atoms with Crippen LogP contribution in [0.5, 0.6) is 0 Å². The number of rotatable bonds is 4. The number of benzene rings is 1. The molecule has 3 aromatic rings. The summed E-state index contributed by atoms with van der Waals surface area (Å²) < 4.78 is 5.14. The van der Waals surface area contributed by atoms with E-state index in [1.54, 1.807) is 19.1 Å². The fraction of sp³-hybridized carbons (Fsp3) is 0.167. The van der Waals surface area contributed by atoms with Crippen LogP contribution < -0.4 is 5.32 Å². The van der Waals surface area contributed by atoms with Crippen molar-refractivity contribution in [1.29, 1.82) is 0 Å². The van der Waals surface area contributed by atoms with Gasteiger partial charge < -0.3 is 10.1 Å². The summed E-state index contributed by atoms with van der Waals surface area (Å²) in [5.41, 5.74) is 3.21. The first-order valence-electron chi connectivity index (χ1n) is 7.54. The van der Waals surface area contributed by atoms with Crippen molar-refractivity contribution in [1.82, 2.24) is 9.97 Å². The third-order valence-electron chi connectivity index (χ3n) is 3.48. The Morgan fingerprint density at radius 1 is 1.21 bits per heavy atom. The molecule has 0 amide bonds. The van der Waals surface area contributed by atoms with Gasteiger partial charge in [0.15, 0.2) is 5.65 Å². The van der Waals surface area contributed by atoms with E-state index in [0.29, 0.717) is 28.5 Å². The molecular weight excluding hydrogens is 326 g/mol. The van der Waals surface area contributed by atoms with Crippen LogP contribution in [0.4, 0.5) is 11.4 Å². The molecular formula is C18H16ClN3O2. The lowest BCUT2D eigenvalue weighted by molar-refractivity contribution is 0.0527. The fourth-order valence-corrected chi connectivity index (χ4v) is 2.47. The van der Waals surface area contributed by atoms with Crippen molar-refractivity contribution in [3.63, 3.8) is 0 Å². The summed E-state index contributed by atoms with van der Waals surface area (Å²) in [4.78, 5) is 21.0. The average molecular weight is 342 g/mol. The SMILES string of the molecule is CCOC(=O)c1cnc2nc(C)ccc2c1Nc1ccc(Cl)cc1. The Labute approximate surface area is 144 Å². The maximum absolute atomic E-state index is 12.3. The van der Waals surface area contributed by atoms with Crippen molar-refractivity contribution in [3.05, 3.63) is 58.9 Å². The molecule has 0 saturated heterocycles. The topological polar surface area (TPSA) is 64.1 Å². The summed E-state index contributed by atoms with van der Waals surface area (Å²) >= 11 is 5.93. The lowest BCUT2D eigenvalue weighted by Gasteiger charge is -2.14. The minimum absolute atomic E-state index is 0.295. The number of hydrogen-bond donors (Lipinski definition) is 1. The number of carbonyl (C=O) groups is 1. The van der Waals surface area contributed by atoms with E-state index in [9.17, 15) is 4.79 Å². The first-order chi connectivity index (χ1) is 11.6. The van der Waals surface area contributed by atoms with E-state index in [1.807, 2.05) is 31.2 Å². The van der Waals surface area contributed by atoms with Crippen LogP contribution in [-0.2, 0) is 4.74 Å². The van der Waals surface area contributed by atoms with Crippen LogP contribution in [0.3, 0.4) is 0 Å². The highest BCUT2D eigenvalue weighted by Gasteiger charge is 2.17. The Hall–Kier alpha value is -2.66. The highest BCUT2D eigenvalue weighted by atomic mass is 35.5. The number of anilines is 2. The first-order valence-corrected chi connectivity index (χ1v) is 7.92. The lowest BCUT2D eigenvalue weighted by Crippen LogP contribution is -2.09. The normalized spacial score (nSPS) is 10.6. The summed E-state index contributed by atoms with van der Waals surface area (Å²) in [5.74, 6) is -0.427. The van der Waals surface area contributed by atoms with Crippen molar-refractivity contribution in [2.24, 2.45) is 0 Å². The molecule has 0 aliphatic rings. The number of aryl methyl sites for hydroxylation is 1. The van der Waals surface area contributed by atoms with Gasteiger partial charge in [-0.2, -0.15) is 0 Å². The fourth-order valence-electron chi connectivity index (χ4n) is 2.35. The molecule has 3 rings (SSSR count). The van der Waals surface area contributed by atoms with Crippen LogP contribution in [-0.4, -0.2) is 22.5 Å². The average Bonchev–Trinajstić information content (AvgIpc) is 2.57. The number of pyridine rings is 2. The maximum Gasteiger partial charge on any atom is 0.341 e. The summed E-state index contributed by atoms with van der Waals surface area (Å²) in [6, 6.07) is 11.0. The molecule has 0 unspecified atom stereocenters. The molecule has 0 fully saturated rings. The minimum atomic E-state index is -0.427. The number of aromatic nitrogens is 2. The van der Waals surface area contributed by atoms with E-state index in [0.717, 1.165) is 16.8 Å². The summed E-state index contributed by atoms with van der Waals surface area (Å²) in [7, 11) is 0. The van der Waals surface area contributed by atoms with E-state index in [2.05, 4.69) is 15.3 Å². The molecule has 24 heavy (non-hydrogen) atoms. The molecule has 0 bridgehead atoms. The second-order valence-corrected chi connectivity index (χ2v) is 5.66. The van der Waals surface area contributed by atoms with Crippen LogP contribution in [0.1, 0.15) is 23.0 Å². The van der Waals surface area contributed by atoms with Gasteiger partial charge in [-0.1, -0.05) is 11.6 Å². The van der Waals surface area contributed by atoms with Gasteiger partial charge in [-0.3, -0.25) is 0 Å². The Morgan fingerprint density at radius 2 is 1.96 bits per heavy atom. The van der Waals surface area contributed by atoms with Crippen molar-refractivity contribution in [2.75, 3.05) is 11.9 Å². The van der Waals surface area contributed by atoms with Gasteiger partial charge in [0.2, 0.25) is 0 Å². The molecule has 0 atom stereocenters. The second kappa shape index (κ2) is 6.84. The summed E-state index contributed by atoms with van der Waals surface area (Å²) in [6.45, 7) is 3.96. The predicted molar refractivity (Wildman–Crippen MR) is 95.0 cm³/mol. The molecule has 1 aromatic carbocycles. The third kappa shape index (κ3) is 3.31. The summed E-state index contributed by atoms with van der Waals surface area (Å²) in [6.07, 6.45) is 1.49. The molecule has 0 aliphatic heterocycles. The predicted octanol–water partition coefficient (Wildman–Crippen LogP) is 4.51. The molecule has 122 valence electrons. The van der Waals surface area contributed by atoms with Crippen molar-refractivity contribution >= 4 is 40.0 Å². The number of ether oxygens (including phenoxy) is 1. The Morgan fingerprint density at radius 3 is 2.67 bits per heavy atom. The Balaban J connectivity index is 2.14. The van der Waals surface area contributed by atoms with E-state index in [4.69, 9.17) is 16.3 Å². The zero-order valence-corrected chi connectivity index (χ0v) is 14.1. The molecule has 0 saturated carbocycles. The zero-order valence-electron chi connectivity index (χ0n) is 13.3. The quantitative estimate of drug-likeness (QED) is 0.707. The number of nitrogens with one attached hydrogen (secondary N) is 1. The third-order valence-corrected chi connectivity index (χ3v) is 3.73. The Bertz CT molecular complexity index is 895. The van der Waals surface area contributed by atoms with Gasteiger partial charge in [0.05, 0.1) is 12.3 Å². The van der Waals surface area contributed by atoms with Gasteiger partial charge in [-0.05, 0) is 50.2 Å². The lowest BCUT2D eigenvalue weighted by atomic mass is 10.1. The molecule has 5 nitrogen and oxygen atoms in total. The van der Waals surface area contributed by atoms with E-state index < -0.39 is 5.97 Å². The van der Waals surface area contributed by atoms with Crippen LogP contribution in [0.25, 0.3) is 11.0 Å². The number of fused-ring (bicyclic) bond motifs is 1. The monoisotopic (exact) mass is 341 g/mol. The van der Waals surface area contributed by atoms with Crippen LogP contribution in [0.15, 0.2) is 42.6 Å². The Kier molecular flexibility index (Phi) is 4.62.